The summed E-state index contributed by atoms with van der Waals surface area (Å²) in [6, 6.07) is 0.459. The largest absolute Gasteiger partial charge is 0.330 e. The van der Waals surface area contributed by atoms with Crippen molar-refractivity contribution < 1.29 is 0 Å². The van der Waals surface area contributed by atoms with Crippen LogP contribution < -0.4 is 5.73 Å². The quantitative estimate of drug-likeness (QED) is 0.907. The molecule has 2 unspecified atom stereocenters. The van der Waals surface area contributed by atoms with Gasteiger partial charge in [0.25, 0.3) is 0 Å². The maximum atomic E-state index is 6.06. The molecule has 0 radical (unpaired) electrons. The Morgan fingerprint density at radius 3 is 2.79 bits per heavy atom. The highest BCUT2D eigenvalue weighted by Gasteiger charge is 2.31. The fourth-order valence-corrected chi connectivity index (χ4v) is 3.46. The smallest absolute Gasteiger partial charge is 0.0641 e. The van der Waals surface area contributed by atoms with Crippen LogP contribution in [-0.4, -0.2) is 34.3 Å². The first-order valence-electron chi connectivity index (χ1n) is 7.61. The molecule has 0 spiro atoms. The van der Waals surface area contributed by atoms with Crippen molar-refractivity contribution in [2.75, 3.05) is 19.6 Å². The van der Waals surface area contributed by atoms with Crippen molar-refractivity contribution in [2.45, 2.75) is 45.6 Å². The molecule has 19 heavy (non-hydrogen) atoms. The highest BCUT2D eigenvalue weighted by Crippen LogP contribution is 2.35. The lowest BCUT2D eigenvalue weighted by molar-refractivity contribution is 0.158. The van der Waals surface area contributed by atoms with Crippen LogP contribution in [0.1, 0.15) is 49.9 Å². The lowest BCUT2D eigenvalue weighted by Crippen LogP contribution is -2.36. The van der Waals surface area contributed by atoms with E-state index in [1.54, 1.807) is 0 Å². The van der Waals surface area contributed by atoms with Gasteiger partial charge in [0.2, 0.25) is 0 Å². The van der Waals surface area contributed by atoms with Gasteiger partial charge in [0, 0.05) is 24.8 Å². The fourth-order valence-electron chi connectivity index (χ4n) is 3.46. The topological polar surface area (TPSA) is 47.1 Å². The first-order valence-corrected chi connectivity index (χ1v) is 7.61. The first kappa shape index (κ1) is 14.5. The van der Waals surface area contributed by atoms with E-state index < -0.39 is 0 Å². The number of aryl methyl sites for hydroxylation is 2. The second-order valence-corrected chi connectivity index (χ2v) is 5.82. The van der Waals surface area contributed by atoms with E-state index in [9.17, 15) is 0 Å². The van der Waals surface area contributed by atoms with E-state index in [2.05, 4.69) is 30.0 Å². The van der Waals surface area contributed by atoms with E-state index in [0.717, 1.165) is 18.8 Å². The van der Waals surface area contributed by atoms with Crippen molar-refractivity contribution in [2.24, 2.45) is 18.7 Å². The zero-order chi connectivity index (χ0) is 13.8. The van der Waals surface area contributed by atoms with Gasteiger partial charge in [-0.05, 0) is 51.7 Å². The van der Waals surface area contributed by atoms with Crippen LogP contribution in [0.5, 0.6) is 0 Å². The molecule has 2 atom stereocenters. The summed E-state index contributed by atoms with van der Waals surface area (Å²) in [7, 11) is 2.01. The maximum absolute atomic E-state index is 6.06. The molecule has 1 aromatic rings. The summed E-state index contributed by atoms with van der Waals surface area (Å²) in [5.74, 6) is 0.567. The van der Waals surface area contributed by atoms with Gasteiger partial charge < -0.3 is 5.73 Å². The van der Waals surface area contributed by atoms with E-state index in [0.29, 0.717) is 12.0 Å². The lowest BCUT2D eigenvalue weighted by atomic mass is 9.89. The van der Waals surface area contributed by atoms with Crippen LogP contribution >= 0.6 is 0 Å². The maximum Gasteiger partial charge on any atom is 0.0641 e. The van der Waals surface area contributed by atoms with Crippen molar-refractivity contribution in [1.82, 2.24) is 14.7 Å². The number of hydrogen-bond acceptors (Lipinski definition) is 3. The predicted molar refractivity (Wildman–Crippen MR) is 78.9 cm³/mol. The van der Waals surface area contributed by atoms with E-state index in [4.69, 9.17) is 5.73 Å². The Morgan fingerprint density at radius 1 is 1.42 bits per heavy atom. The summed E-state index contributed by atoms with van der Waals surface area (Å²) in [6.07, 6.45) is 7.24. The summed E-state index contributed by atoms with van der Waals surface area (Å²) < 4.78 is 1.94. The molecule has 1 fully saturated rings. The highest BCUT2D eigenvalue weighted by molar-refractivity contribution is 5.21. The number of hydrogen-bond donors (Lipinski definition) is 1. The third kappa shape index (κ3) is 3.18. The molecule has 1 saturated heterocycles. The molecular weight excluding hydrogens is 236 g/mol. The first-order chi connectivity index (χ1) is 9.17. The summed E-state index contributed by atoms with van der Waals surface area (Å²) >= 11 is 0. The normalized spacial score (nSPS) is 25.5. The molecule has 0 saturated carbocycles. The van der Waals surface area contributed by atoms with Crippen molar-refractivity contribution in [3.8, 4) is 0 Å². The molecule has 2 N–H and O–H groups in total. The molecule has 0 aliphatic carbocycles. The van der Waals surface area contributed by atoms with Gasteiger partial charge in [0.1, 0.15) is 0 Å². The summed E-state index contributed by atoms with van der Waals surface area (Å²) in [4.78, 5) is 2.63. The van der Waals surface area contributed by atoms with Crippen molar-refractivity contribution in [1.29, 1.82) is 0 Å². The molecular formula is C15H28N4. The number of aromatic nitrogens is 2. The van der Waals surface area contributed by atoms with Gasteiger partial charge in [-0.3, -0.25) is 9.58 Å². The van der Waals surface area contributed by atoms with Crippen LogP contribution in [0.15, 0.2) is 6.20 Å². The minimum Gasteiger partial charge on any atom is -0.330 e. The monoisotopic (exact) mass is 264 g/mol. The van der Waals surface area contributed by atoms with Crippen LogP contribution in [0.3, 0.4) is 0 Å². The average Bonchev–Trinajstić information content (AvgIpc) is 2.61. The molecule has 0 aromatic carbocycles. The van der Waals surface area contributed by atoms with Gasteiger partial charge >= 0.3 is 0 Å². The molecule has 1 aliphatic rings. The van der Waals surface area contributed by atoms with E-state index in [-0.39, 0.29) is 0 Å². The number of nitrogens with zero attached hydrogens (tertiary/aromatic N) is 3. The Bertz CT molecular complexity index is 399. The summed E-state index contributed by atoms with van der Waals surface area (Å²) in [6.45, 7) is 7.52. The van der Waals surface area contributed by atoms with E-state index in [1.807, 2.05) is 11.7 Å². The Morgan fingerprint density at radius 2 is 2.21 bits per heavy atom. The molecule has 4 nitrogen and oxygen atoms in total. The van der Waals surface area contributed by atoms with Crippen molar-refractivity contribution >= 4 is 0 Å². The molecule has 1 aliphatic heterocycles. The Balaban J connectivity index is 2.34. The fraction of sp³-hybridized carbons (Fsp3) is 0.800. The Hall–Kier alpha value is -0.870. The molecule has 0 bridgehead atoms. The van der Waals surface area contributed by atoms with Crippen LogP contribution in [0.2, 0.25) is 0 Å². The Kier molecular flexibility index (Phi) is 4.99. The lowest BCUT2D eigenvalue weighted by Gasteiger charge is -2.34. The van der Waals surface area contributed by atoms with Gasteiger partial charge in [-0.2, -0.15) is 5.10 Å². The predicted octanol–water partition coefficient (Wildman–Crippen LogP) is 2.24. The number of nitrogens with two attached hydrogens (primary N) is 1. The summed E-state index contributed by atoms with van der Waals surface area (Å²) in [5.41, 5.74) is 8.61. The molecule has 108 valence electrons. The SMILES string of the molecule is CCCN1CCCCC(CN)C1c1cn(C)nc1C. The van der Waals surface area contributed by atoms with E-state index in [1.165, 1.54) is 37.8 Å². The number of likely N-dealkylation sites (tertiary alicyclic amines) is 1. The van der Waals surface area contributed by atoms with Gasteiger partial charge in [-0.25, -0.2) is 0 Å². The van der Waals surface area contributed by atoms with Crippen LogP contribution in [0, 0.1) is 12.8 Å². The third-order valence-electron chi connectivity index (χ3n) is 4.29. The standard InChI is InChI=1S/C15H28N4/c1-4-8-19-9-6-5-7-13(10-16)15(19)14-11-18(3)17-12(14)2/h11,13,15H,4-10,16H2,1-3H3. The Labute approximate surface area is 117 Å². The van der Waals surface area contributed by atoms with Crippen LogP contribution in [0.25, 0.3) is 0 Å². The minimum atomic E-state index is 0.459. The van der Waals surface area contributed by atoms with Crippen LogP contribution in [0.4, 0.5) is 0 Å². The second-order valence-electron chi connectivity index (χ2n) is 5.82. The van der Waals surface area contributed by atoms with E-state index >= 15 is 0 Å². The molecule has 1 aromatic heterocycles. The second kappa shape index (κ2) is 6.53. The van der Waals surface area contributed by atoms with Crippen molar-refractivity contribution in [3.63, 3.8) is 0 Å². The van der Waals surface area contributed by atoms with Gasteiger partial charge in [-0.1, -0.05) is 13.3 Å². The van der Waals surface area contributed by atoms with Gasteiger partial charge in [0.05, 0.1) is 5.69 Å². The zero-order valence-corrected chi connectivity index (χ0v) is 12.6. The summed E-state index contributed by atoms with van der Waals surface area (Å²) in [5, 5.41) is 4.53. The zero-order valence-electron chi connectivity index (χ0n) is 12.6. The molecule has 2 rings (SSSR count). The van der Waals surface area contributed by atoms with Crippen molar-refractivity contribution in [3.05, 3.63) is 17.5 Å². The minimum absolute atomic E-state index is 0.459. The van der Waals surface area contributed by atoms with Crippen LogP contribution in [-0.2, 0) is 7.05 Å². The average molecular weight is 264 g/mol. The highest BCUT2D eigenvalue weighted by atomic mass is 15.3. The third-order valence-corrected chi connectivity index (χ3v) is 4.29. The molecule has 0 amide bonds. The van der Waals surface area contributed by atoms with Gasteiger partial charge in [0.15, 0.2) is 0 Å². The molecule has 4 heteroatoms. The number of rotatable bonds is 4. The molecule has 2 heterocycles. The van der Waals surface area contributed by atoms with Gasteiger partial charge in [-0.15, -0.1) is 0 Å².